The highest BCUT2D eigenvalue weighted by Gasteiger charge is 2.09. The molecule has 2 aromatic heterocycles. The molecule has 4 rings (SSSR count). The number of imidazole rings is 1. The first-order valence-electron chi connectivity index (χ1n) is 10.3. The zero-order valence-electron chi connectivity index (χ0n) is 18.0. The molecule has 0 aliphatic carbocycles. The van der Waals surface area contributed by atoms with Crippen molar-refractivity contribution in [2.75, 3.05) is 18.5 Å². The van der Waals surface area contributed by atoms with Gasteiger partial charge in [-0.2, -0.15) is 0 Å². The lowest BCUT2D eigenvalue weighted by atomic mass is 10.1. The number of aromatic amines is 1. The summed E-state index contributed by atoms with van der Waals surface area (Å²) >= 11 is 0. The van der Waals surface area contributed by atoms with Gasteiger partial charge in [0.2, 0.25) is 0 Å². The number of nitrogens with one attached hydrogen (secondary N) is 1. The summed E-state index contributed by atoms with van der Waals surface area (Å²) in [6.07, 6.45) is 3.21. The summed E-state index contributed by atoms with van der Waals surface area (Å²) in [6, 6.07) is 18.1. The van der Waals surface area contributed by atoms with Crippen molar-refractivity contribution in [1.29, 1.82) is 0 Å². The number of aliphatic imine (C=N–C) groups is 1. The molecular weight excluding hydrogens is 386 g/mol. The number of hydrogen-bond donors (Lipinski definition) is 1. The predicted molar refractivity (Wildman–Crippen MR) is 126 cm³/mol. The summed E-state index contributed by atoms with van der Waals surface area (Å²) in [7, 11) is 1.99. The van der Waals surface area contributed by atoms with Crippen LogP contribution < -0.4 is 4.90 Å². The van der Waals surface area contributed by atoms with Crippen molar-refractivity contribution in [3.8, 4) is 11.5 Å². The Balaban J connectivity index is 1.64. The van der Waals surface area contributed by atoms with E-state index in [1.54, 1.807) is 6.20 Å². The van der Waals surface area contributed by atoms with Gasteiger partial charge in [0, 0.05) is 37.6 Å². The molecule has 6 heteroatoms. The number of aromatic nitrogens is 3. The fourth-order valence-corrected chi connectivity index (χ4v) is 3.44. The summed E-state index contributed by atoms with van der Waals surface area (Å²) in [5.74, 6) is 0.754. The molecule has 0 unspecified atom stereocenters. The van der Waals surface area contributed by atoms with Crippen LogP contribution in [0.4, 0.5) is 11.4 Å². The van der Waals surface area contributed by atoms with Crippen molar-refractivity contribution in [1.82, 2.24) is 15.0 Å². The van der Waals surface area contributed by atoms with Gasteiger partial charge in [-0.25, -0.2) is 4.98 Å². The van der Waals surface area contributed by atoms with Crippen LogP contribution >= 0.6 is 0 Å². The Bertz CT molecular complexity index is 1240. The van der Waals surface area contributed by atoms with Crippen molar-refractivity contribution in [3.63, 3.8) is 0 Å². The van der Waals surface area contributed by atoms with Crippen molar-refractivity contribution in [2.45, 2.75) is 20.3 Å². The predicted octanol–water partition coefficient (Wildman–Crippen LogP) is 5.10. The van der Waals surface area contributed by atoms with Gasteiger partial charge in [0.25, 0.3) is 0 Å². The molecular formula is C25H25N5O. The number of aryl methyl sites for hydroxylation is 1. The fraction of sp³-hybridized carbons (Fsp3) is 0.200. The molecule has 6 nitrogen and oxygen atoms in total. The first-order chi connectivity index (χ1) is 15.0. The Morgan fingerprint density at radius 3 is 2.81 bits per heavy atom. The highest BCUT2D eigenvalue weighted by Crippen LogP contribution is 2.27. The summed E-state index contributed by atoms with van der Waals surface area (Å²) in [6.45, 7) is 4.75. The van der Waals surface area contributed by atoms with Gasteiger partial charge in [0.05, 0.1) is 16.7 Å². The Morgan fingerprint density at radius 1 is 1.16 bits per heavy atom. The van der Waals surface area contributed by atoms with E-state index >= 15 is 0 Å². The number of rotatable bonds is 7. The summed E-state index contributed by atoms with van der Waals surface area (Å²) in [5.41, 5.74) is 7.69. The standard InChI is InChI=1S/C25H25N5O/c1-17-8-10-20(30(3)13-6-14-31)16-23(17)27-18(2)19-9-11-21-24(15-19)29-25(28-21)22-7-4-5-12-26-22/h4-5,7-12,14-16H,6,13H2,1-3H3,(H,28,29). The third-order valence-corrected chi connectivity index (χ3v) is 5.31. The average molecular weight is 412 g/mol. The second kappa shape index (κ2) is 8.92. The Morgan fingerprint density at radius 2 is 2.03 bits per heavy atom. The molecule has 156 valence electrons. The molecule has 0 atom stereocenters. The summed E-state index contributed by atoms with van der Waals surface area (Å²) in [5, 5.41) is 0. The van der Waals surface area contributed by atoms with E-state index in [4.69, 9.17) is 4.99 Å². The van der Waals surface area contributed by atoms with Gasteiger partial charge >= 0.3 is 0 Å². The first-order valence-corrected chi connectivity index (χ1v) is 10.3. The van der Waals surface area contributed by atoms with Crippen LogP contribution in [0.3, 0.4) is 0 Å². The maximum Gasteiger partial charge on any atom is 0.157 e. The van der Waals surface area contributed by atoms with Gasteiger partial charge < -0.3 is 14.7 Å². The molecule has 0 radical (unpaired) electrons. The first kappa shape index (κ1) is 20.5. The summed E-state index contributed by atoms with van der Waals surface area (Å²) < 4.78 is 0. The molecule has 0 fully saturated rings. The lowest BCUT2D eigenvalue weighted by molar-refractivity contribution is -0.107. The minimum atomic E-state index is 0.507. The van der Waals surface area contributed by atoms with Crippen LogP contribution in [0, 0.1) is 6.92 Å². The molecule has 0 saturated carbocycles. The number of fused-ring (bicyclic) bond motifs is 1. The number of pyridine rings is 1. The molecule has 4 aromatic rings. The Hall–Kier alpha value is -3.80. The number of nitrogens with zero attached hydrogens (tertiary/aromatic N) is 4. The minimum absolute atomic E-state index is 0.507. The van der Waals surface area contributed by atoms with Crippen LogP contribution in [0.25, 0.3) is 22.6 Å². The van der Waals surface area contributed by atoms with Crippen LogP contribution in [0.1, 0.15) is 24.5 Å². The molecule has 1 N–H and O–H groups in total. The van der Waals surface area contributed by atoms with Crippen LogP contribution in [-0.4, -0.2) is 40.5 Å². The van der Waals surface area contributed by atoms with Gasteiger partial charge in [-0.3, -0.25) is 9.98 Å². The van der Waals surface area contributed by atoms with Crippen molar-refractivity contribution >= 4 is 34.4 Å². The molecule has 2 aromatic carbocycles. The Labute approximate surface area is 181 Å². The number of carbonyl (C=O) groups excluding carboxylic acids is 1. The zero-order chi connectivity index (χ0) is 21.8. The van der Waals surface area contributed by atoms with Crippen LogP contribution in [0.2, 0.25) is 0 Å². The minimum Gasteiger partial charge on any atom is -0.374 e. The number of H-pyrrole nitrogens is 1. The van der Waals surface area contributed by atoms with Gasteiger partial charge in [-0.1, -0.05) is 18.2 Å². The second-order valence-electron chi connectivity index (χ2n) is 7.58. The van der Waals surface area contributed by atoms with E-state index in [2.05, 4.69) is 51.0 Å². The quantitative estimate of drug-likeness (QED) is 0.339. The van der Waals surface area contributed by atoms with E-state index in [1.807, 2.05) is 44.3 Å². The van der Waals surface area contributed by atoms with Crippen molar-refractivity contribution in [2.24, 2.45) is 4.99 Å². The van der Waals surface area contributed by atoms with E-state index in [9.17, 15) is 4.79 Å². The maximum atomic E-state index is 10.7. The maximum absolute atomic E-state index is 10.7. The van der Waals surface area contributed by atoms with E-state index in [0.29, 0.717) is 13.0 Å². The van der Waals surface area contributed by atoms with Gasteiger partial charge in [0.1, 0.15) is 12.0 Å². The lowest BCUT2D eigenvalue weighted by Gasteiger charge is -2.19. The fourth-order valence-electron chi connectivity index (χ4n) is 3.44. The second-order valence-corrected chi connectivity index (χ2v) is 7.58. The smallest absolute Gasteiger partial charge is 0.157 e. The molecule has 0 aliphatic heterocycles. The topological polar surface area (TPSA) is 74.2 Å². The molecule has 2 heterocycles. The SMILES string of the molecule is CC(=Nc1cc(N(C)CCC=O)ccc1C)c1ccc2nc(-c3ccccn3)[nH]c2c1. The monoisotopic (exact) mass is 411 g/mol. The van der Waals surface area contributed by atoms with Crippen molar-refractivity contribution in [3.05, 3.63) is 71.9 Å². The highest BCUT2D eigenvalue weighted by atomic mass is 16.1. The third-order valence-electron chi connectivity index (χ3n) is 5.31. The number of anilines is 1. The molecule has 31 heavy (non-hydrogen) atoms. The number of aldehydes is 1. The zero-order valence-corrected chi connectivity index (χ0v) is 18.0. The van der Waals surface area contributed by atoms with Gasteiger partial charge in [0.15, 0.2) is 5.82 Å². The number of carbonyl (C=O) groups is 1. The third kappa shape index (κ3) is 4.53. The van der Waals surface area contributed by atoms with Crippen LogP contribution in [-0.2, 0) is 4.79 Å². The summed E-state index contributed by atoms with van der Waals surface area (Å²) in [4.78, 5) is 30.0. The van der Waals surface area contributed by atoms with Gasteiger partial charge in [-0.15, -0.1) is 0 Å². The highest BCUT2D eigenvalue weighted by molar-refractivity contribution is 6.02. The van der Waals surface area contributed by atoms with E-state index in [-0.39, 0.29) is 0 Å². The number of hydrogen-bond acceptors (Lipinski definition) is 5. The largest absolute Gasteiger partial charge is 0.374 e. The van der Waals surface area contributed by atoms with Crippen molar-refractivity contribution < 1.29 is 4.79 Å². The average Bonchev–Trinajstić information content (AvgIpc) is 3.23. The Kier molecular flexibility index (Phi) is 5.89. The molecule has 0 spiro atoms. The molecule has 0 saturated heterocycles. The lowest BCUT2D eigenvalue weighted by Crippen LogP contribution is -2.18. The van der Waals surface area contributed by atoms with E-state index in [0.717, 1.165) is 57.1 Å². The van der Waals surface area contributed by atoms with Gasteiger partial charge in [-0.05, 0) is 61.4 Å². The molecule has 0 aliphatic rings. The normalized spacial score (nSPS) is 11.6. The van der Waals surface area contributed by atoms with E-state index < -0.39 is 0 Å². The molecule has 0 bridgehead atoms. The van der Waals surface area contributed by atoms with Crippen LogP contribution in [0.5, 0.6) is 0 Å². The van der Waals surface area contributed by atoms with Crippen LogP contribution in [0.15, 0.2) is 65.8 Å². The molecule has 0 amide bonds. The number of benzene rings is 2. The van der Waals surface area contributed by atoms with E-state index in [1.165, 1.54) is 0 Å².